The van der Waals surface area contributed by atoms with Crippen molar-refractivity contribution >= 4 is 58.0 Å². The van der Waals surface area contributed by atoms with Crippen LogP contribution in [-0.4, -0.2) is 17.9 Å². The van der Waals surface area contributed by atoms with Crippen LogP contribution in [-0.2, 0) is 0 Å². The first kappa shape index (κ1) is 28.2. The van der Waals surface area contributed by atoms with E-state index in [2.05, 4.69) is 0 Å². The molecule has 11 heteroatoms. The third-order valence-corrected chi connectivity index (χ3v) is 7.40. The molecule has 1 fully saturated rings. The van der Waals surface area contributed by atoms with Crippen molar-refractivity contribution in [3.05, 3.63) is 73.2 Å². The maximum atomic E-state index is 14.9. The van der Waals surface area contributed by atoms with Crippen LogP contribution in [0.15, 0.2) is 36.4 Å². The number of hydrogen-bond acceptors (Lipinski definition) is 1. The van der Waals surface area contributed by atoms with Gasteiger partial charge in [0.1, 0.15) is 11.7 Å². The Morgan fingerprint density at radius 2 is 1.57 bits per heavy atom. The first-order valence-corrected chi connectivity index (χ1v) is 12.0. The zero-order valence-electron chi connectivity index (χ0n) is 17.8. The number of alkyl halides is 5. The fraction of sp³-hybridized carbons (Fsp3) is 0.375. The average Bonchev–Trinajstić information content (AvgIpc) is 2.75. The lowest BCUT2D eigenvalue weighted by Gasteiger charge is -2.27. The Morgan fingerprint density at radius 3 is 2.09 bits per heavy atom. The molecule has 2 aromatic rings. The molecule has 0 amide bonds. The number of benzene rings is 2. The van der Waals surface area contributed by atoms with Crippen LogP contribution in [0.1, 0.15) is 59.5 Å². The molecule has 0 radical (unpaired) electrons. The van der Waals surface area contributed by atoms with Gasteiger partial charge in [0, 0.05) is 30.4 Å². The minimum absolute atomic E-state index is 0.00169. The average molecular weight is 578 g/mol. The Balaban J connectivity index is 1.83. The van der Waals surface area contributed by atoms with Crippen molar-refractivity contribution < 1.29 is 31.1 Å². The van der Waals surface area contributed by atoms with Gasteiger partial charge in [-0.15, -0.1) is 0 Å². The van der Waals surface area contributed by atoms with Gasteiger partial charge in [0.2, 0.25) is 5.92 Å². The van der Waals surface area contributed by atoms with Crippen LogP contribution in [0.3, 0.4) is 0 Å². The second kappa shape index (κ2) is 10.9. The normalized spacial score (nSPS) is 17.9. The standard InChI is InChI=1S/C24H18Cl4F6O/c25-17-8-13(1-2-15(17)21(35)7-12-3-5-23(30,31)6-4-12)20(29)11-16(24(32,33)34)14-9-18(26)22(28)19(27)10-14/h1-2,8-12,16H,3-7H2/b20-11-. The molecule has 0 saturated heterocycles. The molecule has 1 unspecified atom stereocenters. The highest BCUT2D eigenvalue weighted by Crippen LogP contribution is 2.43. The van der Waals surface area contributed by atoms with Gasteiger partial charge in [-0.1, -0.05) is 52.5 Å². The van der Waals surface area contributed by atoms with Crippen molar-refractivity contribution in [1.29, 1.82) is 0 Å². The van der Waals surface area contributed by atoms with Crippen LogP contribution in [0.25, 0.3) is 5.83 Å². The fourth-order valence-electron chi connectivity index (χ4n) is 3.94. The highest BCUT2D eigenvalue weighted by molar-refractivity contribution is 6.48. The monoisotopic (exact) mass is 576 g/mol. The molecule has 0 N–H and O–H groups in total. The Labute approximate surface area is 218 Å². The number of allylic oxidation sites excluding steroid dienone is 1. The molecule has 1 atom stereocenters. The van der Waals surface area contributed by atoms with Gasteiger partial charge in [-0.2, -0.15) is 13.2 Å². The van der Waals surface area contributed by atoms with E-state index in [1.54, 1.807) is 0 Å². The van der Waals surface area contributed by atoms with Gasteiger partial charge in [-0.05, 0) is 54.7 Å². The molecule has 0 aromatic heterocycles. The SMILES string of the molecule is O=C(CC1CCC(F)(F)CC1)c1ccc(/C(F)=C/C(c2cc(Cl)c(Cl)c(Cl)c2)C(F)(F)F)cc1Cl. The number of Topliss-reactive ketones (excluding diaryl/α,β-unsaturated/α-hetero) is 1. The van der Waals surface area contributed by atoms with E-state index in [-0.39, 0.29) is 69.2 Å². The van der Waals surface area contributed by atoms with Crippen LogP contribution in [0.4, 0.5) is 26.3 Å². The van der Waals surface area contributed by atoms with Crippen molar-refractivity contribution in [1.82, 2.24) is 0 Å². The summed E-state index contributed by atoms with van der Waals surface area (Å²) in [6.07, 6.45) is -4.72. The highest BCUT2D eigenvalue weighted by atomic mass is 35.5. The highest BCUT2D eigenvalue weighted by Gasteiger charge is 2.40. The minimum Gasteiger partial charge on any atom is -0.294 e. The summed E-state index contributed by atoms with van der Waals surface area (Å²) in [5, 5.41) is -0.718. The first-order chi connectivity index (χ1) is 16.2. The quantitative estimate of drug-likeness (QED) is 0.189. The zero-order valence-corrected chi connectivity index (χ0v) is 20.9. The van der Waals surface area contributed by atoms with Crippen molar-refractivity contribution in [2.75, 3.05) is 0 Å². The number of halogens is 10. The lowest BCUT2D eigenvalue weighted by Crippen LogP contribution is -2.25. The van der Waals surface area contributed by atoms with Gasteiger partial charge in [0.05, 0.1) is 20.1 Å². The summed E-state index contributed by atoms with van der Waals surface area (Å²) in [4.78, 5) is 12.6. The predicted molar refractivity (Wildman–Crippen MR) is 127 cm³/mol. The zero-order chi connectivity index (χ0) is 26.1. The van der Waals surface area contributed by atoms with Crippen molar-refractivity contribution in [2.45, 2.75) is 50.1 Å². The summed E-state index contributed by atoms with van der Waals surface area (Å²) in [5.41, 5.74) is -0.642. The second-order valence-electron chi connectivity index (χ2n) is 8.45. The van der Waals surface area contributed by atoms with Crippen LogP contribution < -0.4 is 0 Å². The van der Waals surface area contributed by atoms with E-state index >= 15 is 0 Å². The molecule has 0 aliphatic heterocycles. The Bertz CT molecular complexity index is 1110. The molecule has 2 aromatic carbocycles. The van der Waals surface area contributed by atoms with Gasteiger partial charge in [-0.3, -0.25) is 4.79 Å². The lowest BCUT2D eigenvalue weighted by molar-refractivity contribution is -0.139. The van der Waals surface area contributed by atoms with Gasteiger partial charge < -0.3 is 0 Å². The van der Waals surface area contributed by atoms with E-state index in [4.69, 9.17) is 46.4 Å². The number of carbonyl (C=O) groups excluding carboxylic acids is 1. The van der Waals surface area contributed by atoms with E-state index in [1.165, 1.54) is 6.07 Å². The van der Waals surface area contributed by atoms with Gasteiger partial charge in [0.15, 0.2) is 5.78 Å². The summed E-state index contributed by atoms with van der Waals surface area (Å²) < 4.78 is 82.7. The molecule has 0 spiro atoms. The molecule has 3 rings (SSSR count). The molecular weight excluding hydrogens is 560 g/mol. The summed E-state index contributed by atoms with van der Waals surface area (Å²) in [5.74, 6) is -6.97. The number of hydrogen-bond donors (Lipinski definition) is 0. The lowest BCUT2D eigenvalue weighted by atomic mass is 9.83. The minimum atomic E-state index is -4.88. The van der Waals surface area contributed by atoms with Crippen LogP contribution >= 0.6 is 46.4 Å². The Hall–Kier alpha value is -1.41. The van der Waals surface area contributed by atoms with Crippen LogP contribution in [0, 0.1) is 5.92 Å². The van der Waals surface area contributed by atoms with Crippen molar-refractivity contribution in [3.63, 3.8) is 0 Å². The van der Waals surface area contributed by atoms with E-state index in [0.29, 0.717) is 6.08 Å². The maximum Gasteiger partial charge on any atom is 0.399 e. The van der Waals surface area contributed by atoms with Gasteiger partial charge >= 0.3 is 6.18 Å². The fourth-order valence-corrected chi connectivity index (χ4v) is 4.84. The second-order valence-corrected chi connectivity index (χ2v) is 10.1. The summed E-state index contributed by atoms with van der Waals surface area (Å²) in [6, 6.07) is 5.30. The molecule has 1 aliphatic rings. The first-order valence-electron chi connectivity index (χ1n) is 10.5. The Morgan fingerprint density at radius 1 is 1.00 bits per heavy atom. The van der Waals surface area contributed by atoms with Crippen molar-refractivity contribution in [3.8, 4) is 0 Å². The number of ketones is 1. The predicted octanol–water partition coefficient (Wildman–Crippen LogP) is 10.4. The van der Waals surface area contributed by atoms with Gasteiger partial charge in [0.25, 0.3) is 0 Å². The summed E-state index contributed by atoms with van der Waals surface area (Å²) in [7, 11) is 0. The van der Waals surface area contributed by atoms with Crippen molar-refractivity contribution in [2.24, 2.45) is 5.92 Å². The molecule has 0 bridgehead atoms. The molecular formula is C24H18Cl4F6O. The van der Waals surface area contributed by atoms with E-state index in [1.807, 2.05) is 0 Å². The molecule has 0 heterocycles. The third-order valence-electron chi connectivity index (χ3n) is 5.89. The molecule has 1 saturated carbocycles. The maximum absolute atomic E-state index is 14.9. The molecule has 1 aliphatic carbocycles. The smallest absolute Gasteiger partial charge is 0.294 e. The summed E-state index contributed by atoms with van der Waals surface area (Å²) in [6.45, 7) is 0. The third kappa shape index (κ3) is 7.09. The Kier molecular flexibility index (Phi) is 8.78. The van der Waals surface area contributed by atoms with Crippen LogP contribution in [0.5, 0.6) is 0 Å². The summed E-state index contributed by atoms with van der Waals surface area (Å²) >= 11 is 23.6. The largest absolute Gasteiger partial charge is 0.399 e. The molecule has 190 valence electrons. The van der Waals surface area contributed by atoms with E-state index in [9.17, 15) is 31.1 Å². The van der Waals surface area contributed by atoms with E-state index < -0.39 is 35.2 Å². The van der Waals surface area contributed by atoms with Crippen LogP contribution in [0.2, 0.25) is 20.1 Å². The molecule has 35 heavy (non-hydrogen) atoms. The molecule has 1 nitrogen and oxygen atoms in total. The number of rotatable bonds is 6. The topological polar surface area (TPSA) is 17.1 Å². The van der Waals surface area contributed by atoms with Gasteiger partial charge in [-0.25, -0.2) is 13.2 Å². The van der Waals surface area contributed by atoms with E-state index in [0.717, 1.165) is 24.3 Å². The number of carbonyl (C=O) groups is 1.